The summed E-state index contributed by atoms with van der Waals surface area (Å²) in [5, 5.41) is 0. The number of aromatic amines is 1. The van der Waals surface area contributed by atoms with Crippen molar-refractivity contribution in [1.29, 1.82) is 0 Å². The second kappa shape index (κ2) is 4.00. The summed E-state index contributed by atoms with van der Waals surface area (Å²) in [5.41, 5.74) is 4.37. The maximum atomic E-state index is 4.62. The molecule has 1 aromatic heterocycles. The maximum absolute atomic E-state index is 4.62. The summed E-state index contributed by atoms with van der Waals surface area (Å²) in [6, 6.07) is 14.3. The fourth-order valence-corrected chi connectivity index (χ4v) is 2.61. The molecule has 1 N–H and O–H groups in total. The molecule has 0 atom stereocenters. The first kappa shape index (κ1) is 10.5. The molecule has 0 spiro atoms. The van der Waals surface area contributed by atoms with Crippen LogP contribution in [0.15, 0.2) is 46.9 Å². The molecule has 0 saturated carbocycles. The number of nitrogens with zero attached hydrogens (tertiary/aromatic N) is 1. The molecular weight excluding hydrogens is 276 g/mol. The van der Waals surface area contributed by atoms with Crippen molar-refractivity contribution in [2.45, 2.75) is 6.92 Å². The molecule has 17 heavy (non-hydrogen) atoms. The lowest BCUT2D eigenvalue weighted by molar-refractivity contribution is 1.33. The summed E-state index contributed by atoms with van der Waals surface area (Å²) in [4.78, 5) is 7.97. The first-order valence-corrected chi connectivity index (χ1v) is 6.24. The highest BCUT2D eigenvalue weighted by atomic mass is 79.9. The van der Waals surface area contributed by atoms with Crippen LogP contribution in [-0.2, 0) is 0 Å². The number of imidazole rings is 1. The zero-order chi connectivity index (χ0) is 11.8. The monoisotopic (exact) mass is 286 g/mol. The van der Waals surface area contributed by atoms with E-state index in [0.29, 0.717) is 0 Å². The normalized spacial score (nSPS) is 10.9. The van der Waals surface area contributed by atoms with Crippen LogP contribution in [0.2, 0.25) is 0 Å². The Balaban J connectivity index is 2.24. The summed E-state index contributed by atoms with van der Waals surface area (Å²) in [6.45, 7) is 2.08. The average molecular weight is 287 g/mol. The summed E-state index contributed by atoms with van der Waals surface area (Å²) >= 11 is 3.55. The van der Waals surface area contributed by atoms with E-state index in [1.807, 2.05) is 18.2 Å². The molecule has 2 aromatic carbocycles. The molecule has 3 rings (SSSR count). The van der Waals surface area contributed by atoms with Gasteiger partial charge in [0.1, 0.15) is 11.3 Å². The zero-order valence-corrected chi connectivity index (χ0v) is 11.0. The van der Waals surface area contributed by atoms with Gasteiger partial charge in [0.15, 0.2) is 0 Å². The minimum Gasteiger partial charge on any atom is -0.338 e. The van der Waals surface area contributed by atoms with E-state index >= 15 is 0 Å². The van der Waals surface area contributed by atoms with Crippen molar-refractivity contribution in [2.24, 2.45) is 0 Å². The summed E-state index contributed by atoms with van der Waals surface area (Å²) in [7, 11) is 0. The van der Waals surface area contributed by atoms with Crippen LogP contribution < -0.4 is 0 Å². The molecule has 0 unspecified atom stereocenters. The number of halogens is 1. The highest BCUT2D eigenvalue weighted by molar-refractivity contribution is 9.10. The highest BCUT2D eigenvalue weighted by Gasteiger charge is 2.07. The molecule has 1 heterocycles. The van der Waals surface area contributed by atoms with Crippen LogP contribution in [0.5, 0.6) is 0 Å². The average Bonchev–Trinajstić information content (AvgIpc) is 2.74. The molecule has 2 nitrogen and oxygen atoms in total. The third-order valence-electron chi connectivity index (χ3n) is 2.73. The number of rotatable bonds is 1. The van der Waals surface area contributed by atoms with Gasteiger partial charge >= 0.3 is 0 Å². The largest absolute Gasteiger partial charge is 0.338 e. The predicted octanol–water partition coefficient (Wildman–Crippen LogP) is 4.30. The lowest BCUT2D eigenvalue weighted by Gasteiger charge is -1.94. The fraction of sp³-hybridized carbons (Fsp3) is 0.0714. The second-order valence-corrected chi connectivity index (χ2v) is 4.95. The van der Waals surface area contributed by atoms with Crippen LogP contribution in [0, 0.1) is 6.92 Å². The number of benzene rings is 2. The van der Waals surface area contributed by atoms with Crippen molar-refractivity contribution in [1.82, 2.24) is 9.97 Å². The van der Waals surface area contributed by atoms with Gasteiger partial charge in [-0.2, -0.15) is 0 Å². The summed E-state index contributed by atoms with van der Waals surface area (Å²) in [5.74, 6) is 0.909. The maximum Gasteiger partial charge on any atom is 0.138 e. The van der Waals surface area contributed by atoms with E-state index in [2.05, 4.69) is 57.1 Å². The molecule has 0 bridgehead atoms. The number of aromatic nitrogens is 2. The summed E-state index contributed by atoms with van der Waals surface area (Å²) < 4.78 is 1.03. The Morgan fingerprint density at radius 2 is 1.88 bits per heavy atom. The highest BCUT2D eigenvalue weighted by Crippen LogP contribution is 2.27. The van der Waals surface area contributed by atoms with Crippen molar-refractivity contribution in [2.75, 3.05) is 0 Å². The number of H-pyrrole nitrogens is 1. The SMILES string of the molecule is Cc1cc(Br)c2nc(-c3ccccc3)[nH]c2c1. The smallest absolute Gasteiger partial charge is 0.138 e. The molecule has 0 aliphatic rings. The van der Waals surface area contributed by atoms with Gasteiger partial charge < -0.3 is 4.98 Å². The topological polar surface area (TPSA) is 28.7 Å². The van der Waals surface area contributed by atoms with Crippen molar-refractivity contribution in [3.8, 4) is 11.4 Å². The summed E-state index contributed by atoms with van der Waals surface area (Å²) in [6.07, 6.45) is 0. The van der Waals surface area contributed by atoms with Crippen molar-refractivity contribution in [3.63, 3.8) is 0 Å². The standard InChI is InChI=1S/C14H11BrN2/c1-9-7-11(15)13-12(8-9)16-14(17-13)10-5-3-2-4-6-10/h2-8H,1H3,(H,16,17). The third-order valence-corrected chi connectivity index (χ3v) is 3.34. The van der Waals surface area contributed by atoms with Crippen LogP contribution in [0.4, 0.5) is 0 Å². The van der Waals surface area contributed by atoms with Crippen LogP contribution in [0.1, 0.15) is 5.56 Å². The van der Waals surface area contributed by atoms with Gasteiger partial charge in [-0.15, -0.1) is 0 Å². The minimum atomic E-state index is 0.909. The van der Waals surface area contributed by atoms with Gasteiger partial charge in [0.2, 0.25) is 0 Å². The molecule has 3 aromatic rings. The van der Waals surface area contributed by atoms with Gasteiger partial charge in [0, 0.05) is 10.0 Å². The van der Waals surface area contributed by atoms with Crippen LogP contribution in [-0.4, -0.2) is 9.97 Å². The minimum absolute atomic E-state index is 0.909. The van der Waals surface area contributed by atoms with E-state index in [4.69, 9.17) is 0 Å². The van der Waals surface area contributed by atoms with E-state index < -0.39 is 0 Å². The Kier molecular flexibility index (Phi) is 2.48. The van der Waals surface area contributed by atoms with Crippen LogP contribution in [0.3, 0.4) is 0 Å². The fourth-order valence-electron chi connectivity index (χ4n) is 1.94. The Morgan fingerprint density at radius 3 is 2.65 bits per heavy atom. The molecule has 0 fully saturated rings. The van der Waals surface area contributed by atoms with Crippen molar-refractivity contribution >= 4 is 27.0 Å². The molecule has 0 saturated heterocycles. The lowest BCUT2D eigenvalue weighted by Crippen LogP contribution is -1.77. The second-order valence-electron chi connectivity index (χ2n) is 4.09. The zero-order valence-electron chi connectivity index (χ0n) is 9.37. The number of nitrogens with one attached hydrogen (secondary N) is 1. The quantitative estimate of drug-likeness (QED) is 0.710. The van der Waals surface area contributed by atoms with E-state index in [0.717, 1.165) is 26.9 Å². The molecule has 0 radical (unpaired) electrons. The molecule has 84 valence electrons. The Morgan fingerprint density at radius 1 is 1.12 bits per heavy atom. The number of hydrogen-bond acceptors (Lipinski definition) is 1. The lowest BCUT2D eigenvalue weighted by atomic mass is 10.2. The first-order valence-electron chi connectivity index (χ1n) is 5.45. The van der Waals surface area contributed by atoms with Gasteiger partial charge in [0.25, 0.3) is 0 Å². The van der Waals surface area contributed by atoms with E-state index in [1.165, 1.54) is 5.56 Å². The van der Waals surface area contributed by atoms with Gasteiger partial charge in [-0.3, -0.25) is 0 Å². The Labute approximate surface area is 108 Å². The number of aryl methyl sites for hydroxylation is 1. The molecule has 0 aliphatic carbocycles. The Bertz CT molecular complexity index is 671. The van der Waals surface area contributed by atoms with Crippen LogP contribution in [0.25, 0.3) is 22.4 Å². The van der Waals surface area contributed by atoms with E-state index in [-0.39, 0.29) is 0 Å². The number of fused-ring (bicyclic) bond motifs is 1. The van der Waals surface area contributed by atoms with Gasteiger partial charge in [0.05, 0.1) is 5.52 Å². The molecular formula is C14H11BrN2. The van der Waals surface area contributed by atoms with Crippen molar-refractivity contribution in [3.05, 3.63) is 52.5 Å². The Hall–Kier alpha value is -1.61. The van der Waals surface area contributed by atoms with Crippen LogP contribution >= 0.6 is 15.9 Å². The van der Waals surface area contributed by atoms with Gasteiger partial charge in [-0.05, 0) is 40.5 Å². The van der Waals surface area contributed by atoms with Crippen molar-refractivity contribution < 1.29 is 0 Å². The number of hydrogen-bond donors (Lipinski definition) is 1. The first-order chi connectivity index (χ1) is 8.24. The predicted molar refractivity (Wildman–Crippen MR) is 74.0 cm³/mol. The molecule has 0 amide bonds. The van der Waals surface area contributed by atoms with Gasteiger partial charge in [-0.1, -0.05) is 30.3 Å². The van der Waals surface area contributed by atoms with E-state index in [1.54, 1.807) is 0 Å². The van der Waals surface area contributed by atoms with E-state index in [9.17, 15) is 0 Å². The molecule has 0 aliphatic heterocycles. The third kappa shape index (κ3) is 1.87. The van der Waals surface area contributed by atoms with Gasteiger partial charge in [-0.25, -0.2) is 4.98 Å². The molecule has 3 heteroatoms.